The molecule has 0 N–H and O–H groups in total. The first-order chi connectivity index (χ1) is 5.66. The second kappa shape index (κ2) is 4.17. The van der Waals surface area contributed by atoms with E-state index in [1.807, 2.05) is 6.92 Å². The Balaban J connectivity index is 1.98. The van der Waals surface area contributed by atoms with Gasteiger partial charge in [-0.15, -0.1) is 11.8 Å². The Bertz CT molecular complexity index is 164. The predicted octanol–water partition coefficient (Wildman–Crippen LogP) is 2.08. The van der Waals surface area contributed by atoms with Crippen LogP contribution in [0.5, 0.6) is 0 Å². The Morgan fingerprint density at radius 3 is 2.75 bits per heavy atom. The van der Waals surface area contributed by atoms with Gasteiger partial charge in [-0.1, -0.05) is 6.92 Å². The van der Waals surface area contributed by atoms with Crippen LogP contribution in [0.2, 0.25) is 0 Å². The number of ether oxygens (including phenoxy) is 1. The summed E-state index contributed by atoms with van der Waals surface area (Å²) in [6.45, 7) is 4.60. The van der Waals surface area contributed by atoms with Gasteiger partial charge in [-0.3, -0.25) is 4.79 Å². The van der Waals surface area contributed by atoms with Crippen LogP contribution in [0.4, 0.5) is 0 Å². The van der Waals surface area contributed by atoms with Crippen molar-refractivity contribution in [3.8, 4) is 0 Å². The Hall–Kier alpha value is -0.180. The highest BCUT2D eigenvalue weighted by Crippen LogP contribution is 2.47. The molecule has 1 rings (SSSR count). The SMILES string of the molecule is CCOC(=O)CSCC1(C)CC1. The molecule has 0 atom stereocenters. The van der Waals surface area contributed by atoms with Gasteiger partial charge in [-0.05, 0) is 30.9 Å². The molecule has 0 spiro atoms. The maximum absolute atomic E-state index is 10.9. The average Bonchev–Trinajstić information content (AvgIpc) is 2.69. The van der Waals surface area contributed by atoms with E-state index in [4.69, 9.17) is 4.74 Å². The van der Waals surface area contributed by atoms with E-state index in [-0.39, 0.29) is 5.97 Å². The van der Waals surface area contributed by atoms with Gasteiger partial charge < -0.3 is 4.74 Å². The van der Waals surface area contributed by atoms with E-state index in [0.29, 0.717) is 17.8 Å². The van der Waals surface area contributed by atoms with Gasteiger partial charge in [0.05, 0.1) is 12.4 Å². The maximum Gasteiger partial charge on any atom is 0.315 e. The second-order valence-electron chi connectivity index (χ2n) is 3.61. The van der Waals surface area contributed by atoms with Crippen molar-refractivity contribution in [1.82, 2.24) is 0 Å². The van der Waals surface area contributed by atoms with Gasteiger partial charge in [-0.2, -0.15) is 0 Å². The number of rotatable bonds is 5. The zero-order chi connectivity index (χ0) is 9.03. The minimum absolute atomic E-state index is 0.0771. The molecule has 1 aliphatic rings. The molecule has 0 aromatic heterocycles. The van der Waals surface area contributed by atoms with Crippen LogP contribution < -0.4 is 0 Å². The normalized spacial score (nSPS) is 18.8. The molecule has 0 aromatic carbocycles. The van der Waals surface area contributed by atoms with Gasteiger partial charge in [0.1, 0.15) is 0 Å². The lowest BCUT2D eigenvalue weighted by atomic mass is 10.2. The first-order valence-electron chi connectivity index (χ1n) is 4.40. The molecule has 1 fully saturated rings. The van der Waals surface area contributed by atoms with E-state index in [9.17, 15) is 4.79 Å². The molecule has 0 aliphatic heterocycles. The summed E-state index contributed by atoms with van der Waals surface area (Å²) in [6, 6.07) is 0. The van der Waals surface area contributed by atoms with Gasteiger partial charge in [0.2, 0.25) is 0 Å². The molecule has 1 aliphatic carbocycles. The fourth-order valence-corrected chi connectivity index (χ4v) is 2.07. The lowest BCUT2D eigenvalue weighted by Crippen LogP contribution is -2.08. The molecule has 2 nitrogen and oxygen atoms in total. The maximum atomic E-state index is 10.9. The van der Waals surface area contributed by atoms with Crippen LogP contribution in [0.15, 0.2) is 0 Å². The fraction of sp³-hybridized carbons (Fsp3) is 0.889. The Kier molecular flexibility index (Phi) is 3.44. The molecule has 0 bridgehead atoms. The molecular weight excluding hydrogens is 172 g/mol. The molecule has 0 radical (unpaired) electrons. The van der Waals surface area contributed by atoms with Crippen LogP contribution in [0, 0.1) is 5.41 Å². The van der Waals surface area contributed by atoms with Gasteiger partial charge in [0.25, 0.3) is 0 Å². The van der Waals surface area contributed by atoms with E-state index < -0.39 is 0 Å². The number of carbonyl (C=O) groups is 1. The largest absolute Gasteiger partial charge is 0.465 e. The first kappa shape index (κ1) is 9.90. The van der Waals surface area contributed by atoms with Crippen molar-refractivity contribution in [2.75, 3.05) is 18.1 Å². The summed E-state index contributed by atoms with van der Waals surface area (Å²) in [5, 5.41) is 0. The number of esters is 1. The third kappa shape index (κ3) is 3.48. The summed E-state index contributed by atoms with van der Waals surface area (Å²) in [5.41, 5.74) is 0.539. The predicted molar refractivity (Wildman–Crippen MR) is 51.3 cm³/mol. The average molecular weight is 188 g/mol. The molecular formula is C9H16O2S. The molecule has 70 valence electrons. The molecule has 0 unspecified atom stereocenters. The van der Waals surface area contributed by atoms with Crippen LogP contribution in [-0.2, 0) is 9.53 Å². The summed E-state index contributed by atoms with van der Waals surface area (Å²) in [5.74, 6) is 1.54. The molecule has 3 heteroatoms. The summed E-state index contributed by atoms with van der Waals surface area (Å²) in [4.78, 5) is 10.9. The van der Waals surface area contributed by atoms with Crippen LogP contribution in [0.25, 0.3) is 0 Å². The van der Waals surface area contributed by atoms with Gasteiger partial charge in [-0.25, -0.2) is 0 Å². The van der Waals surface area contributed by atoms with Crippen molar-refractivity contribution in [1.29, 1.82) is 0 Å². The zero-order valence-electron chi connectivity index (χ0n) is 7.76. The molecule has 12 heavy (non-hydrogen) atoms. The van der Waals surface area contributed by atoms with Gasteiger partial charge in [0.15, 0.2) is 0 Å². The van der Waals surface area contributed by atoms with Crippen LogP contribution in [0.3, 0.4) is 0 Å². The summed E-state index contributed by atoms with van der Waals surface area (Å²) >= 11 is 1.70. The van der Waals surface area contributed by atoms with E-state index in [1.54, 1.807) is 11.8 Å². The summed E-state index contributed by atoms with van der Waals surface area (Å²) in [6.07, 6.45) is 2.64. The number of hydrogen-bond donors (Lipinski definition) is 0. The zero-order valence-corrected chi connectivity index (χ0v) is 8.58. The van der Waals surface area contributed by atoms with Crippen molar-refractivity contribution in [2.45, 2.75) is 26.7 Å². The topological polar surface area (TPSA) is 26.3 Å². The molecule has 0 amide bonds. The third-order valence-electron chi connectivity index (χ3n) is 2.08. The van der Waals surface area contributed by atoms with Crippen molar-refractivity contribution in [2.24, 2.45) is 5.41 Å². The van der Waals surface area contributed by atoms with E-state index >= 15 is 0 Å². The Morgan fingerprint density at radius 2 is 2.25 bits per heavy atom. The first-order valence-corrected chi connectivity index (χ1v) is 5.55. The third-order valence-corrected chi connectivity index (χ3v) is 3.42. The Morgan fingerprint density at radius 1 is 1.58 bits per heavy atom. The minimum atomic E-state index is -0.0771. The fourth-order valence-electron chi connectivity index (χ4n) is 0.941. The highest BCUT2D eigenvalue weighted by atomic mass is 32.2. The van der Waals surface area contributed by atoms with Crippen molar-refractivity contribution in [3.05, 3.63) is 0 Å². The molecule has 1 saturated carbocycles. The second-order valence-corrected chi connectivity index (χ2v) is 4.59. The van der Waals surface area contributed by atoms with Crippen LogP contribution in [-0.4, -0.2) is 24.1 Å². The number of carbonyl (C=O) groups excluding carboxylic acids is 1. The quantitative estimate of drug-likeness (QED) is 0.618. The van der Waals surface area contributed by atoms with Crippen LogP contribution in [0.1, 0.15) is 26.7 Å². The van der Waals surface area contributed by atoms with E-state index in [2.05, 4.69) is 6.92 Å². The van der Waals surface area contributed by atoms with Gasteiger partial charge in [0, 0.05) is 0 Å². The van der Waals surface area contributed by atoms with Crippen molar-refractivity contribution in [3.63, 3.8) is 0 Å². The summed E-state index contributed by atoms with van der Waals surface area (Å²) in [7, 11) is 0. The monoisotopic (exact) mass is 188 g/mol. The lowest BCUT2D eigenvalue weighted by Gasteiger charge is -2.06. The summed E-state index contributed by atoms with van der Waals surface area (Å²) < 4.78 is 4.82. The van der Waals surface area contributed by atoms with Crippen molar-refractivity contribution < 1.29 is 9.53 Å². The van der Waals surface area contributed by atoms with Crippen LogP contribution >= 0.6 is 11.8 Å². The highest BCUT2D eigenvalue weighted by Gasteiger charge is 2.36. The van der Waals surface area contributed by atoms with Crippen molar-refractivity contribution >= 4 is 17.7 Å². The van der Waals surface area contributed by atoms with E-state index in [0.717, 1.165) is 5.75 Å². The molecule has 0 saturated heterocycles. The standard InChI is InChI=1S/C9H16O2S/c1-3-11-8(10)6-12-7-9(2)4-5-9/h3-7H2,1-2H3. The Labute approximate surface area is 78.1 Å². The smallest absolute Gasteiger partial charge is 0.315 e. The molecule has 0 aromatic rings. The number of hydrogen-bond acceptors (Lipinski definition) is 3. The molecule has 0 heterocycles. The van der Waals surface area contributed by atoms with Gasteiger partial charge >= 0.3 is 5.97 Å². The van der Waals surface area contributed by atoms with E-state index in [1.165, 1.54) is 12.8 Å². The number of thioether (sulfide) groups is 1. The highest BCUT2D eigenvalue weighted by molar-refractivity contribution is 7.99. The lowest BCUT2D eigenvalue weighted by molar-refractivity contribution is -0.139. The minimum Gasteiger partial charge on any atom is -0.465 e.